The predicted octanol–water partition coefficient (Wildman–Crippen LogP) is 3.81. The number of phenols is 1. The highest BCUT2D eigenvalue weighted by molar-refractivity contribution is 9.10. The zero-order valence-corrected chi connectivity index (χ0v) is 15.2. The van der Waals surface area contributed by atoms with E-state index in [1.807, 2.05) is 37.3 Å². The van der Waals surface area contributed by atoms with E-state index in [1.54, 1.807) is 14.2 Å². The summed E-state index contributed by atoms with van der Waals surface area (Å²) in [6, 6.07) is 9.79. The molecular weight excluding hydrogens is 358 g/mol. The minimum atomic E-state index is 0.368. The second-order valence-corrected chi connectivity index (χ2v) is 6.12. The van der Waals surface area contributed by atoms with E-state index in [2.05, 4.69) is 21.2 Å². The fourth-order valence-electron chi connectivity index (χ4n) is 2.39. The lowest BCUT2D eigenvalue weighted by atomic mass is 10.1. The van der Waals surface area contributed by atoms with Crippen LogP contribution >= 0.6 is 15.9 Å². The van der Waals surface area contributed by atoms with E-state index in [-0.39, 0.29) is 0 Å². The third-order valence-electron chi connectivity index (χ3n) is 3.73. The Morgan fingerprint density at radius 2 is 1.78 bits per heavy atom. The summed E-state index contributed by atoms with van der Waals surface area (Å²) < 4.78 is 11.5. The van der Waals surface area contributed by atoms with E-state index in [4.69, 9.17) is 9.47 Å². The fourth-order valence-corrected chi connectivity index (χ4v) is 2.94. The molecule has 5 heteroatoms. The highest BCUT2D eigenvalue weighted by Crippen LogP contribution is 2.35. The van der Waals surface area contributed by atoms with Crippen LogP contribution in [-0.4, -0.2) is 25.9 Å². The number of nitrogens with one attached hydrogen (secondary N) is 1. The van der Waals surface area contributed by atoms with Crippen LogP contribution in [0.25, 0.3) is 0 Å². The third-order valence-corrected chi connectivity index (χ3v) is 4.51. The number of benzene rings is 2. The van der Waals surface area contributed by atoms with Crippen LogP contribution in [0.3, 0.4) is 0 Å². The van der Waals surface area contributed by atoms with Crippen LogP contribution in [0.15, 0.2) is 34.8 Å². The van der Waals surface area contributed by atoms with Crippen molar-refractivity contribution in [2.45, 2.75) is 19.9 Å². The van der Waals surface area contributed by atoms with E-state index < -0.39 is 0 Å². The molecule has 23 heavy (non-hydrogen) atoms. The van der Waals surface area contributed by atoms with Gasteiger partial charge in [-0.05, 0) is 59.1 Å². The topological polar surface area (TPSA) is 50.7 Å². The zero-order valence-electron chi connectivity index (χ0n) is 13.6. The number of methoxy groups -OCH3 is 2. The molecule has 0 saturated heterocycles. The minimum Gasteiger partial charge on any atom is -0.507 e. The highest BCUT2D eigenvalue weighted by Gasteiger charge is 2.10. The molecule has 0 aliphatic rings. The Kier molecular flexibility index (Phi) is 6.30. The average molecular weight is 380 g/mol. The molecule has 124 valence electrons. The van der Waals surface area contributed by atoms with Crippen LogP contribution in [0.5, 0.6) is 17.2 Å². The number of halogens is 1. The molecule has 0 aliphatic heterocycles. The maximum Gasteiger partial charge on any atom is 0.137 e. The van der Waals surface area contributed by atoms with Gasteiger partial charge in [0.25, 0.3) is 0 Å². The second kappa shape index (κ2) is 8.22. The number of para-hydroxylation sites is 1. The first-order valence-electron chi connectivity index (χ1n) is 7.45. The average Bonchev–Trinajstić information content (AvgIpc) is 2.56. The van der Waals surface area contributed by atoms with Gasteiger partial charge in [0.1, 0.15) is 21.7 Å². The van der Waals surface area contributed by atoms with Crippen molar-refractivity contribution in [2.24, 2.45) is 0 Å². The molecule has 2 rings (SSSR count). The maximum absolute atomic E-state index is 10.0. The SMILES string of the molecule is COc1cc(CCNCc2cccc(C)c2O)cc(OC)c1Br. The quantitative estimate of drug-likeness (QED) is 0.718. The number of phenolic OH excluding ortho intramolecular Hbond substituents is 1. The van der Waals surface area contributed by atoms with Crippen LogP contribution in [0.1, 0.15) is 16.7 Å². The normalized spacial score (nSPS) is 10.6. The number of hydrogen-bond donors (Lipinski definition) is 2. The monoisotopic (exact) mass is 379 g/mol. The fraction of sp³-hybridized carbons (Fsp3) is 0.333. The van der Waals surface area contributed by atoms with Gasteiger partial charge in [0.15, 0.2) is 0 Å². The van der Waals surface area contributed by atoms with Crippen molar-refractivity contribution in [3.63, 3.8) is 0 Å². The Hall–Kier alpha value is -1.72. The van der Waals surface area contributed by atoms with Crippen molar-refractivity contribution in [3.8, 4) is 17.2 Å². The molecule has 0 radical (unpaired) electrons. The summed E-state index contributed by atoms with van der Waals surface area (Å²) in [4.78, 5) is 0. The lowest BCUT2D eigenvalue weighted by molar-refractivity contribution is 0.388. The summed E-state index contributed by atoms with van der Waals surface area (Å²) in [5, 5.41) is 13.4. The van der Waals surface area contributed by atoms with Gasteiger partial charge in [-0.2, -0.15) is 0 Å². The van der Waals surface area contributed by atoms with Crippen molar-refractivity contribution in [2.75, 3.05) is 20.8 Å². The van der Waals surface area contributed by atoms with Gasteiger partial charge in [-0.15, -0.1) is 0 Å². The van der Waals surface area contributed by atoms with E-state index in [1.165, 1.54) is 0 Å². The third kappa shape index (κ3) is 4.39. The molecule has 0 saturated carbocycles. The Bertz CT molecular complexity index is 648. The molecule has 0 atom stereocenters. The lowest BCUT2D eigenvalue weighted by Gasteiger charge is -2.12. The summed E-state index contributed by atoms with van der Waals surface area (Å²) in [5.41, 5.74) is 2.94. The minimum absolute atomic E-state index is 0.368. The summed E-state index contributed by atoms with van der Waals surface area (Å²) in [6.07, 6.45) is 0.840. The summed E-state index contributed by atoms with van der Waals surface area (Å²) in [7, 11) is 3.28. The van der Waals surface area contributed by atoms with Crippen molar-refractivity contribution in [1.82, 2.24) is 5.32 Å². The van der Waals surface area contributed by atoms with Crippen LogP contribution in [-0.2, 0) is 13.0 Å². The van der Waals surface area contributed by atoms with E-state index >= 15 is 0 Å². The van der Waals surface area contributed by atoms with Crippen molar-refractivity contribution in [1.29, 1.82) is 0 Å². The molecule has 2 aromatic rings. The van der Waals surface area contributed by atoms with E-state index in [0.29, 0.717) is 12.3 Å². The standard InChI is InChI=1S/C18H22BrNO3/c1-12-5-4-6-14(18(12)21)11-20-8-7-13-9-15(22-2)17(19)16(10-13)23-3/h4-6,9-10,20-21H,7-8,11H2,1-3H3. The van der Waals surface area contributed by atoms with Crippen molar-refractivity contribution < 1.29 is 14.6 Å². The number of aromatic hydroxyl groups is 1. The van der Waals surface area contributed by atoms with Gasteiger partial charge in [0.2, 0.25) is 0 Å². The van der Waals surface area contributed by atoms with Crippen molar-refractivity contribution in [3.05, 3.63) is 51.5 Å². The number of hydrogen-bond acceptors (Lipinski definition) is 4. The number of rotatable bonds is 7. The van der Waals surface area contributed by atoms with Gasteiger partial charge >= 0.3 is 0 Å². The molecule has 0 amide bonds. The van der Waals surface area contributed by atoms with Crippen molar-refractivity contribution >= 4 is 15.9 Å². The summed E-state index contributed by atoms with van der Waals surface area (Å²) >= 11 is 3.47. The van der Waals surface area contributed by atoms with Gasteiger partial charge in [0.05, 0.1) is 14.2 Å². The predicted molar refractivity (Wildman–Crippen MR) is 95.5 cm³/mol. The summed E-state index contributed by atoms with van der Waals surface area (Å²) in [5.74, 6) is 1.89. The van der Waals surface area contributed by atoms with Gasteiger partial charge < -0.3 is 19.9 Å². The van der Waals surface area contributed by atoms with Crippen LogP contribution in [0.4, 0.5) is 0 Å². The zero-order chi connectivity index (χ0) is 16.8. The largest absolute Gasteiger partial charge is 0.507 e. The highest BCUT2D eigenvalue weighted by atomic mass is 79.9. The first-order valence-corrected chi connectivity index (χ1v) is 8.24. The number of ether oxygens (including phenoxy) is 2. The molecule has 2 N–H and O–H groups in total. The van der Waals surface area contributed by atoms with E-state index in [9.17, 15) is 5.11 Å². The Morgan fingerprint density at radius 3 is 2.39 bits per heavy atom. The molecule has 0 fully saturated rings. The Labute approximate surface area is 145 Å². The first-order chi connectivity index (χ1) is 11.1. The van der Waals surface area contributed by atoms with Gasteiger partial charge in [0, 0.05) is 12.1 Å². The Morgan fingerprint density at radius 1 is 1.13 bits per heavy atom. The molecule has 0 bridgehead atoms. The molecule has 0 aromatic heterocycles. The van der Waals surface area contributed by atoms with Gasteiger partial charge in [-0.3, -0.25) is 0 Å². The molecule has 0 spiro atoms. The number of aryl methyl sites for hydroxylation is 1. The molecule has 4 nitrogen and oxygen atoms in total. The molecular formula is C18H22BrNO3. The summed E-state index contributed by atoms with van der Waals surface area (Å²) in [6.45, 7) is 3.33. The molecule has 0 unspecified atom stereocenters. The first kappa shape index (κ1) is 17.6. The van der Waals surface area contributed by atoms with Crippen LogP contribution < -0.4 is 14.8 Å². The second-order valence-electron chi connectivity index (χ2n) is 5.32. The van der Waals surface area contributed by atoms with Gasteiger partial charge in [-0.1, -0.05) is 18.2 Å². The molecule has 0 heterocycles. The lowest BCUT2D eigenvalue weighted by Crippen LogP contribution is -2.17. The van der Waals surface area contributed by atoms with Gasteiger partial charge in [-0.25, -0.2) is 0 Å². The van der Waals surface area contributed by atoms with Crippen LogP contribution in [0, 0.1) is 6.92 Å². The van der Waals surface area contributed by atoms with Crippen LogP contribution in [0.2, 0.25) is 0 Å². The van der Waals surface area contributed by atoms with E-state index in [0.717, 1.165) is 45.6 Å². The smallest absolute Gasteiger partial charge is 0.137 e. The molecule has 2 aromatic carbocycles. The molecule has 0 aliphatic carbocycles. The maximum atomic E-state index is 10.0. The Balaban J connectivity index is 1.95.